The second-order valence-corrected chi connectivity index (χ2v) is 5.51. The zero-order valence-electron chi connectivity index (χ0n) is 12.1. The third-order valence-electron chi connectivity index (χ3n) is 4.09. The minimum Gasteiger partial charge on any atom is -0.385 e. The number of aromatic nitrogens is 2. The van der Waals surface area contributed by atoms with Crippen LogP contribution < -0.4 is 10.6 Å². The van der Waals surface area contributed by atoms with Crippen molar-refractivity contribution in [3.63, 3.8) is 0 Å². The van der Waals surface area contributed by atoms with Crippen molar-refractivity contribution in [3.8, 4) is 0 Å². The van der Waals surface area contributed by atoms with Gasteiger partial charge in [-0.3, -0.25) is 0 Å². The molecule has 0 saturated heterocycles. The van der Waals surface area contributed by atoms with Crippen molar-refractivity contribution in [1.29, 1.82) is 0 Å². The first kappa shape index (κ1) is 12.3. The summed E-state index contributed by atoms with van der Waals surface area (Å²) in [4.78, 5) is 4.66. The summed E-state index contributed by atoms with van der Waals surface area (Å²) < 4.78 is 2.09. The summed E-state index contributed by atoms with van der Waals surface area (Å²) in [5.41, 5.74) is 5.89. The largest absolute Gasteiger partial charge is 0.385 e. The number of fused-ring (bicyclic) bond motifs is 2. The van der Waals surface area contributed by atoms with Crippen molar-refractivity contribution in [2.75, 3.05) is 17.2 Å². The molecule has 106 valence electrons. The summed E-state index contributed by atoms with van der Waals surface area (Å²) >= 11 is 0. The summed E-state index contributed by atoms with van der Waals surface area (Å²) in [6, 6.07) is 14.7. The quantitative estimate of drug-likeness (QED) is 0.751. The number of hydrogen-bond acceptors (Lipinski definition) is 3. The molecule has 0 saturated carbocycles. The Labute approximate surface area is 123 Å². The molecule has 1 aliphatic rings. The molecule has 4 nitrogen and oxygen atoms in total. The standard InChI is InChI=1S/C17H18N4/c1-21-16-7-3-2-6-15(16)20-17(21)19-13-8-9-14-12(11-13)5-4-10-18-14/h2-3,6-9,11,18H,4-5,10H2,1H3,(H,19,20). The van der Waals surface area contributed by atoms with Crippen LogP contribution in [0.15, 0.2) is 42.5 Å². The molecule has 0 fully saturated rings. The van der Waals surface area contributed by atoms with Crippen LogP contribution in [0.3, 0.4) is 0 Å². The second-order valence-electron chi connectivity index (χ2n) is 5.51. The summed E-state index contributed by atoms with van der Waals surface area (Å²) in [6.45, 7) is 1.07. The smallest absolute Gasteiger partial charge is 0.208 e. The Morgan fingerprint density at radius 1 is 1.19 bits per heavy atom. The van der Waals surface area contributed by atoms with Crippen LogP contribution in [0.25, 0.3) is 11.0 Å². The molecular formula is C17H18N4. The Morgan fingerprint density at radius 3 is 3.00 bits per heavy atom. The molecule has 2 heterocycles. The Morgan fingerprint density at radius 2 is 2.10 bits per heavy atom. The van der Waals surface area contributed by atoms with Crippen molar-refractivity contribution in [3.05, 3.63) is 48.0 Å². The number of nitrogens with one attached hydrogen (secondary N) is 2. The lowest BCUT2D eigenvalue weighted by Crippen LogP contribution is -2.11. The molecule has 2 N–H and O–H groups in total. The minimum absolute atomic E-state index is 0.875. The van der Waals surface area contributed by atoms with Crippen molar-refractivity contribution in [2.24, 2.45) is 7.05 Å². The molecule has 1 aromatic heterocycles. The molecule has 0 atom stereocenters. The highest BCUT2D eigenvalue weighted by molar-refractivity contribution is 5.79. The zero-order valence-corrected chi connectivity index (χ0v) is 12.1. The molecule has 0 aliphatic carbocycles. The molecular weight excluding hydrogens is 260 g/mol. The predicted octanol–water partition coefficient (Wildman–Crippen LogP) is 3.68. The van der Waals surface area contributed by atoms with Gasteiger partial charge in [-0.1, -0.05) is 12.1 Å². The fraction of sp³-hybridized carbons (Fsp3) is 0.235. The second kappa shape index (κ2) is 4.81. The number of benzene rings is 2. The number of aryl methyl sites for hydroxylation is 2. The van der Waals surface area contributed by atoms with Gasteiger partial charge in [-0.25, -0.2) is 4.98 Å². The van der Waals surface area contributed by atoms with Gasteiger partial charge < -0.3 is 15.2 Å². The maximum atomic E-state index is 4.66. The Balaban J connectivity index is 1.69. The molecule has 4 rings (SSSR count). The fourth-order valence-electron chi connectivity index (χ4n) is 2.94. The Kier molecular flexibility index (Phi) is 2.81. The lowest BCUT2D eigenvalue weighted by atomic mass is 10.0. The molecule has 21 heavy (non-hydrogen) atoms. The van der Waals surface area contributed by atoms with Crippen LogP contribution in [-0.2, 0) is 13.5 Å². The van der Waals surface area contributed by atoms with Gasteiger partial charge in [-0.15, -0.1) is 0 Å². The summed E-state index contributed by atoms with van der Waals surface area (Å²) in [7, 11) is 2.04. The first-order chi connectivity index (χ1) is 10.3. The highest BCUT2D eigenvalue weighted by Crippen LogP contribution is 2.27. The van der Waals surface area contributed by atoms with E-state index in [1.165, 1.54) is 17.7 Å². The number of hydrogen-bond donors (Lipinski definition) is 2. The van der Waals surface area contributed by atoms with Gasteiger partial charge in [0.1, 0.15) is 0 Å². The van der Waals surface area contributed by atoms with Gasteiger partial charge >= 0.3 is 0 Å². The molecule has 0 unspecified atom stereocenters. The lowest BCUT2D eigenvalue weighted by molar-refractivity contribution is 0.830. The number of imidazole rings is 1. The van der Waals surface area contributed by atoms with E-state index in [9.17, 15) is 0 Å². The summed E-state index contributed by atoms with van der Waals surface area (Å²) in [5, 5.41) is 6.87. The number of anilines is 3. The van der Waals surface area contributed by atoms with Crippen LogP contribution in [0.4, 0.5) is 17.3 Å². The van der Waals surface area contributed by atoms with Crippen LogP contribution in [0, 0.1) is 0 Å². The van der Waals surface area contributed by atoms with E-state index in [2.05, 4.69) is 44.5 Å². The van der Waals surface area contributed by atoms with E-state index in [0.29, 0.717) is 0 Å². The first-order valence-corrected chi connectivity index (χ1v) is 7.36. The SMILES string of the molecule is Cn1c(Nc2ccc3c(c2)CCCN3)nc2ccccc21. The van der Waals surface area contributed by atoms with Gasteiger partial charge in [-0.05, 0) is 48.7 Å². The van der Waals surface area contributed by atoms with Crippen molar-refractivity contribution in [1.82, 2.24) is 9.55 Å². The molecule has 0 radical (unpaired) electrons. The van der Waals surface area contributed by atoms with E-state index < -0.39 is 0 Å². The topological polar surface area (TPSA) is 41.9 Å². The van der Waals surface area contributed by atoms with Crippen LogP contribution in [0.5, 0.6) is 0 Å². The van der Waals surface area contributed by atoms with E-state index in [-0.39, 0.29) is 0 Å². The van der Waals surface area contributed by atoms with Gasteiger partial charge in [0.15, 0.2) is 0 Å². The van der Waals surface area contributed by atoms with Crippen molar-refractivity contribution >= 4 is 28.4 Å². The van der Waals surface area contributed by atoms with Gasteiger partial charge in [0.05, 0.1) is 11.0 Å². The van der Waals surface area contributed by atoms with Crippen LogP contribution in [0.1, 0.15) is 12.0 Å². The van der Waals surface area contributed by atoms with Gasteiger partial charge in [0, 0.05) is 25.0 Å². The highest BCUT2D eigenvalue weighted by atomic mass is 15.2. The average Bonchev–Trinajstić information content (AvgIpc) is 2.84. The normalized spacial score (nSPS) is 13.8. The van der Waals surface area contributed by atoms with Crippen molar-refractivity contribution < 1.29 is 0 Å². The minimum atomic E-state index is 0.875. The van der Waals surface area contributed by atoms with E-state index >= 15 is 0 Å². The molecule has 0 spiro atoms. The third kappa shape index (κ3) is 2.13. The van der Waals surface area contributed by atoms with E-state index in [1.807, 2.05) is 25.2 Å². The van der Waals surface area contributed by atoms with Crippen molar-refractivity contribution in [2.45, 2.75) is 12.8 Å². The molecule has 4 heteroatoms. The Hall–Kier alpha value is -2.49. The first-order valence-electron chi connectivity index (χ1n) is 7.36. The number of nitrogens with zero attached hydrogens (tertiary/aromatic N) is 2. The summed E-state index contributed by atoms with van der Waals surface area (Å²) in [5.74, 6) is 0.875. The third-order valence-corrected chi connectivity index (χ3v) is 4.09. The lowest BCUT2D eigenvalue weighted by Gasteiger charge is -2.19. The van der Waals surface area contributed by atoms with E-state index in [0.717, 1.165) is 35.6 Å². The zero-order chi connectivity index (χ0) is 14.2. The molecule has 2 aromatic carbocycles. The van der Waals surface area contributed by atoms with E-state index in [1.54, 1.807) is 0 Å². The van der Waals surface area contributed by atoms with Crippen LogP contribution in [0.2, 0.25) is 0 Å². The Bertz CT molecular complexity index is 804. The molecule has 0 amide bonds. The maximum absolute atomic E-state index is 4.66. The van der Waals surface area contributed by atoms with Gasteiger partial charge in [0.2, 0.25) is 5.95 Å². The fourth-order valence-corrected chi connectivity index (χ4v) is 2.94. The predicted molar refractivity (Wildman–Crippen MR) is 87.2 cm³/mol. The number of para-hydroxylation sites is 2. The monoisotopic (exact) mass is 278 g/mol. The maximum Gasteiger partial charge on any atom is 0.208 e. The summed E-state index contributed by atoms with van der Waals surface area (Å²) in [6.07, 6.45) is 2.34. The van der Waals surface area contributed by atoms with Gasteiger partial charge in [-0.2, -0.15) is 0 Å². The molecule has 0 bridgehead atoms. The number of rotatable bonds is 2. The molecule has 1 aliphatic heterocycles. The van der Waals surface area contributed by atoms with Crippen LogP contribution >= 0.6 is 0 Å². The molecule has 3 aromatic rings. The average molecular weight is 278 g/mol. The van der Waals surface area contributed by atoms with Gasteiger partial charge in [0.25, 0.3) is 0 Å². The van der Waals surface area contributed by atoms with E-state index in [4.69, 9.17) is 0 Å². The highest BCUT2D eigenvalue weighted by Gasteiger charge is 2.11. The van der Waals surface area contributed by atoms with Crippen LogP contribution in [-0.4, -0.2) is 16.1 Å².